The third kappa shape index (κ3) is 7.43. The van der Waals surface area contributed by atoms with Gasteiger partial charge in [0.15, 0.2) is 12.1 Å². The summed E-state index contributed by atoms with van der Waals surface area (Å²) in [5, 5.41) is 2.33. The molecule has 0 saturated heterocycles. The van der Waals surface area contributed by atoms with Gasteiger partial charge in [0.1, 0.15) is 5.75 Å². The number of rotatable bonds is 10. The SMILES string of the molecule is CCc1ccc(C(=O)CCOC(C)Oc2cccc3c(C(CC(C)(C)C)C(C)(C)C)cccc23)cc1. The van der Waals surface area contributed by atoms with Gasteiger partial charge in [-0.3, -0.25) is 4.79 Å². The molecule has 194 valence electrons. The highest BCUT2D eigenvalue weighted by atomic mass is 16.7. The van der Waals surface area contributed by atoms with E-state index in [0.717, 1.165) is 29.5 Å². The summed E-state index contributed by atoms with van der Waals surface area (Å²) in [7, 11) is 0. The lowest BCUT2D eigenvalue weighted by atomic mass is 9.68. The Balaban J connectivity index is 1.72. The number of benzene rings is 3. The van der Waals surface area contributed by atoms with Crippen molar-refractivity contribution in [3.8, 4) is 5.75 Å². The van der Waals surface area contributed by atoms with Gasteiger partial charge in [-0.1, -0.05) is 103 Å². The van der Waals surface area contributed by atoms with E-state index < -0.39 is 6.29 Å². The molecule has 2 atom stereocenters. The summed E-state index contributed by atoms with van der Waals surface area (Å²) in [5.74, 6) is 1.32. The highest BCUT2D eigenvalue weighted by Gasteiger charge is 2.31. The molecule has 0 saturated carbocycles. The van der Waals surface area contributed by atoms with E-state index in [1.54, 1.807) is 0 Å². The first-order valence-electron chi connectivity index (χ1n) is 13.3. The quantitative estimate of drug-likeness (QED) is 0.211. The number of hydrogen-bond acceptors (Lipinski definition) is 3. The number of aryl methyl sites for hydroxylation is 1. The number of Topliss-reactive ketones (excluding diaryl/α,β-unsaturated/α-hetero) is 1. The number of fused-ring (bicyclic) bond motifs is 1. The van der Waals surface area contributed by atoms with E-state index in [1.807, 2.05) is 37.3 Å². The van der Waals surface area contributed by atoms with Crippen molar-refractivity contribution >= 4 is 16.6 Å². The van der Waals surface area contributed by atoms with Crippen LogP contribution in [0.5, 0.6) is 5.75 Å². The van der Waals surface area contributed by atoms with Crippen molar-refractivity contribution in [2.75, 3.05) is 6.61 Å². The maximum Gasteiger partial charge on any atom is 0.197 e. The summed E-state index contributed by atoms with van der Waals surface area (Å²) >= 11 is 0. The minimum absolute atomic E-state index is 0.0896. The highest BCUT2D eigenvalue weighted by molar-refractivity contribution is 5.96. The first kappa shape index (κ1) is 27.9. The minimum atomic E-state index is -0.456. The van der Waals surface area contributed by atoms with Crippen LogP contribution in [0, 0.1) is 10.8 Å². The third-order valence-electron chi connectivity index (χ3n) is 6.81. The van der Waals surface area contributed by atoms with Crippen LogP contribution in [0.3, 0.4) is 0 Å². The minimum Gasteiger partial charge on any atom is -0.465 e. The number of ether oxygens (including phenoxy) is 2. The smallest absolute Gasteiger partial charge is 0.197 e. The van der Waals surface area contributed by atoms with Gasteiger partial charge in [0.05, 0.1) is 6.61 Å². The van der Waals surface area contributed by atoms with Crippen molar-refractivity contribution in [1.82, 2.24) is 0 Å². The molecule has 0 bridgehead atoms. The summed E-state index contributed by atoms with van der Waals surface area (Å²) in [6, 6.07) is 20.6. The second-order valence-corrected chi connectivity index (χ2v) is 12.2. The van der Waals surface area contributed by atoms with Crippen LogP contribution in [-0.2, 0) is 11.2 Å². The van der Waals surface area contributed by atoms with Crippen molar-refractivity contribution in [3.05, 3.63) is 77.4 Å². The molecule has 0 aromatic heterocycles. The molecular formula is C33H44O3. The second kappa shape index (κ2) is 11.6. The standard InChI is InChI=1S/C33H44O3/c1-9-24-16-18-25(19-17-24)30(34)20-21-35-23(2)36-31-15-11-12-26-27(13-10-14-28(26)31)29(33(6,7)8)22-32(3,4)5/h10-19,23,29H,9,20-22H2,1-8H3. The molecule has 3 aromatic carbocycles. The number of ketones is 1. The molecule has 0 heterocycles. The normalized spacial score (nSPS) is 14.0. The Hall–Kier alpha value is -2.65. The summed E-state index contributed by atoms with van der Waals surface area (Å²) in [6.07, 6.45) is 1.95. The van der Waals surface area contributed by atoms with Crippen LogP contribution in [-0.4, -0.2) is 18.7 Å². The van der Waals surface area contributed by atoms with Crippen LogP contribution in [0.25, 0.3) is 10.8 Å². The van der Waals surface area contributed by atoms with Crippen molar-refractivity contribution < 1.29 is 14.3 Å². The third-order valence-corrected chi connectivity index (χ3v) is 6.81. The molecule has 3 aromatic rings. The Bertz CT molecular complexity index is 1150. The Morgan fingerprint density at radius 2 is 1.50 bits per heavy atom. The molecule has 3 rings (SSSR count). The molecule has 0 spiro atoms. The lowest BCUT2D eigenvalue weighted by Crippen LogP contribution is -2.24. The van der Waals surface area contributed by atoms with Crippen LogP contribution in [0.15, 0.2) is 60.7 Å². The molecule has 0 aliphatic rings. The Labute approximate surface area is 218 Å². The van der Waals surface area contributed by atoms with Crippen LogP contribution >= 0.6 is 0 Å². The van der Waals surface area contributed by atoms with Gasteiger partial charge >= 0.3 is 0 Å². The van der Waals surface area contributed by atoms with Crippen molar-refractivity contribution in [3.63, 3.8) is 0 Å². The maximum atomic E-state index is 12.5. The van der Waals surface area contributed by atoms with Crippen LogP contribution in [0.1, 0.15) is 95.6 Å². The van der Waals surface area contributed by atoms with Crippen LogP contribution in [0.4, 0.5) is 0 Å². The Morgan fingerprint density at radius 1 is 0.861 bits per heavy atom. The number of carbonyl (C=O) groups excluding carboxylic acids is 1. The zero-order valence-corrected chi connectivity index (χ0v) is 23.5. The summed E-state index contributed by atoms with van der Waals surface area (Å²) < 4.78 is 12.1. The van der Waals surface area contributed by atoms with Gasteiger partial charge in [-0.25, -0.2) is 0 Å². The maximum absolute atomic E-state index is 12.5. The fraction of sp³-hybridized carbons (Fsp3) is 0.485. The van der Waals surface area contributed by atoms with Gasteiger partial charge in [-0.05, 0) is 59.1 Å². The molecule has 0 N–H and O–H groups in total. The van der Waals surface area contributed by atoms with Gasteiger partial charge in [0, 0.05) is 17.4 Å². The van der Waals surface area contributed by atoms with Crippen molar-refractivity contribution in [2.24, 2.45) is 10.8 Å². The Kier molecular flexibility index (Phi) is 9.00. The first-order valence-corrected chi connectivity index (χ1v) is 13.3. The van der Waals surface area contributed by atoms with E-state index in [-0.39, 0.29) is 16.6 Å². The lowest BCUT2D eigenvalue weighted by Gasteiger charge is -2.37. The number of hydrogen-bond donors (Lipinski definition) is 0. The average Bonchev–Trinajstić information content (AvgIpc) is 2.81. The van der Waals surface area contributed by atoms with E-state index in [2.05, 4.69) is 78.8 Å². The largest absolute Gasteiger partial charge is 0.465 e. The predicted octanol–water partition coefficient (Wildman–Crippen LogP) is 8.98. The molecule has 2 unspecified atom stereocenters. The van der Waals surface area contributed by atoms with Crippen molar-refractivity contribution in [1.29, 1.82) is 0 Å². The summed E-state index contributed by atoms with van der Waals surface area (Å²) in [4.78, 5) is 12.5. The van der Waals surface area contributed by atoms with E-state index in [4.69, 9.17) is 9.47 Å². The predicted molar refractivity (Wildman–Crippen MR) is 151 cm³/mol. The van der Waals surface area contributed by atoms with E-state index in [0.29, 0.717) is 18.9 Å². The second-order valence-electron chi connectivity index (χ2n) is 12.2. The number of carbonyl (C=O) groups is 1. The van der Waals surface area contributed by atoms with E-state index in [1.165, 1.54) is 16.5 Å². The molecule has 0 fully saturated rings. The topological polar surface area (TPSA) is 35.5 Å². The average molecular weight is 489 g/mol. The lowest BCUT2D eigenvalue weighted by molar-refractivity contribution is -0.0645. The molecule has 36 heavy (non-hydrogen) atoms. The fourth-order valence-electron chi connectivity index (χ4n) is 4.81. The molecule has 3 heteroatoms. The van der Waals surface area contributed by atoms with Gasteiger partial charge in [0.25, 0.3) is 0 Å². The molecule has 0 aliphatic heterocycles. The van der Waals surface area contributed by atoms with E-state index >= 15 is 0 Å². The highest BCUT2D eigenvalue weighted by Crippen LogP contribution is 2.46. The van der Waals surface area contributed by atoms with Crippen molar-refractivity contribution in [2.45, 2.75) is 86.9 Å². The summed E-state index contributed by atoms with van der Waals surface area (Å²) in [5.41, 5.74) is 3.70. The molecule has 0 amide bonds. The molecule has 0 radical (unpaired) electrons. The van der Waals surface area contributed by atoms with Gasteiger partial charge in [0.2, 0.25) is 0 Å². The van der Waals surface area contributed by atoms with Gasteiger partial charge < -0.3 is 9.47 Å². The molecular weight excluding hydrogens is 444 g/mol. The van der Waals surface area contributed by atoms with E-state index in [9.17, 15) is 4.79 Å². The fourth-order valence-corrected chi connectivity index (χ4v) is 4.81. The van der Waals surface area contributed by atoms with Crippen LogP contribution < -0.4 is 4.74 Å². The zero-order chi connectivity index (χ0) is 26.5. The van der Waals surface area contributed by atoms with Gasteiger partial charge in [-0.2, -0.15) is 0 Å². The van der Waals surface area contributed by atoms with Gasteiger partial charge in [-0.15, -0.1) is 0 Å². The van der Waals surface area contributed by atoms with Crippen LogP contribution in [0.2, 0.25) is 0 Å². The molecule has 3 nitrogen and oxygen atoms in total. The monoisotopic (exact) mass is 488 g/mol. The summed E-state index contributed by atoms with van der Waals surface area (Å²) in [6.45, 7) is 18.3. The first-order chi connectivity index (χ1) is 16.9. The zero-order valence-electron chi connectivity index (χ0n) is 23.5. The Morgan fingerprint density at radius 3 is 2.11 bits per heavy atom. The molecule has 0 aliphatic carbocycles.